The summed E-state index contributed by atoms with van der Waals surface area (Å²) in [4.78, 5) is 13.4. The monoisotopic (exact) mass is 255 g/mol. The maximum atomic E-state index is 5.62. The first-order valence-corrected chi connectivity index (χ1v) is 6.65. The summed E-state index contributed by atoms with van der Waals surface area (Å²) in [6.07, 6.45) is 9.12. The third kappa shape index (κ3) is 2.42. The van der Waals surface area contributed by atoms with Crippen molar-refractivity contribution < 1.29 is 0 Å². The summed E-state index contributed by atoms with van der Waals surface area (Å²) in [7, 11) is 0. The van der Waals surface area contributed by atoms with E-state index in [2.05, 4.69) is 15.4 Å². The molecule has 0 atom stereocenters. The number of aromatic nitrogens is 3. The maximum absolute atomic E-state index is 5.62. The number of hydrogen-bond acceptors (Lipinski definition) is 5. The van der Waals surface area contributed by atoms with Crippen LogP contribution in [0.25, 0.3) is 11.4 Å². The highest BCUT2D eigenvalue weighted by atomic mass is 15.3. The molecular weight excluding hydrogens is 238 g/mol. The highest BCUT2D eigenvalue weighted by Gasteiger charge is 2.16. The third-order valence-corrected chi connectivity index (χ3v) is 3.49. The van der Waals surface area contributed by atoms with Gasteiger partial charge in [0, 0.05) is 29.2 Å². The molecule has 0 bridgehead atoms. The fourth-order valence-electron chi connectivity index (χ4n) is 2.51. The molecule has 3 N–H and O–H groups in total. The molecule has 0 aromatic carbocycles. The van der Waals surface area contributed by atoms with Crippen molar-refractivity contribution in [3.05, 3.63) is 35.8 Å². The van der Waals surface area contributed by atoms with Crippen molar-refractivity contribution in [3.63, 3.8) is 0 Å². The molecule has 0 saturated heterocycles. The van der Waals surface area contributed by atoms with E-state index in [1.807, 2.05) is 12.1 Å². The molecule has 0 saturated carbocycles. The average Bonchev–Trinajstić information content (AvgIpc) is 2.72. The number of nitrogens with one attached hydrogen (secondary N) is 1. The Labute approximate surface area is 112 Å². The Morgan fingerprint density at radius 1 is 1.11 bits per heavy atom. The molecule has 5 nitrogen and oxygen atoms in total. The fraction of sp³-hybridized carbons (Fsp3) is 0.357. The summed E-state index contributed by atoms with van der Waals surface area (Å²) in [6, 6.07) is 3.85. The van der Waals surface area contributed by atoms with Crippen LogP contribution in [0.5, 0.6) is 0 Å². The van der Waals surface area contributed by atoms with Gasteiger partial charge in [0.25, 0.3) is 0 Å². The summed E-state index contributed by atoms with van der Waals surface area (Å²) in [5.41, 5.74) is 5.94. The second-order valence-electron chi connectivity index (χ2n) is 4.77. The Morgan fingerprint density at radius 2 is 2.00 bits per heavy atom. The summed E-state index contributed by atoms with van der Waals surface area (Å²) in [5, 5.41) is 0. The zero-order valence-electron chi connectivity index (χ0n) is 10.8. The van der Waals surface area contributed by atoms with Crippen LogP contribution in [-0.4, -0.2) is 15.0 Å². The van der Waals surface area contributed by atoms with Gasteiger partial charge in [-0.15, -0.1) is 0 Å². The molecule has 2 aromatic rings. The number of aryl methyl sites for hydroxylation is 1. The predicted molar refractivity (Wildman–Crippen MR) is 74.3 cm³/mol. The summed E-state index contributed by atoms with van der Waals surface area (Å²) >= 11 is 0. The molecule has 0 radical (unpaired) electrons. The van der Waals surface area contributed by atoms with Crippen LogP contribution in [0.3, 0.4) is 0 Å². The largest absolute Gasteiger partial charge is 0.308 e. The normalized spacial score (nSPS) is 14.6. The van der Waals surface area contributed by atoms with Crippen molar-refractivity contribution in [1.29, 1.82) is 0 Å². The van der Waals surface area contributed by atoms with Crippen LogP contribution in [0, 0.1) is 0 Å². The molecule has 5 heteroatoms. The molecule has 0 aliphatic heterocycles. The first-order chi connectivity index (χ1) is 9.38. The lowest BCUT2D eigenvalue weighted by Gasteiger charge is -2.12. The number of nitrogen functional groups attached to an aromatic ring is 1. The van der Waals surface area contributed by atoms with Crippen LogP contribution in [0.1, 0.15) is 30.5 Å². The van der Waals surface area contributed by atoms with Crippen LogP contribution in [0.2, 0.25) is 0 Å². The lowest BCUT2D eigenvalue weighted by molar-refractivity contribution is 0.709. The predicted octanol–water partition coefficient (Wildman–Crippen LogP) is 2.09. The lowest BCUT2D eigenvalue weighted by atomic mass is 10.1. The molecule has 0 unspecified atom stereocenters. The molecule has 19 heavy (non-hydrogen) atoms. The number of anilines is 1. The van der Waals surface area contributed by atoms with Gasteiger partial charge in [-0.25, -0.2) is 15.8 Å². The number of fused-ring (bicyclic) bond motifs is 1. The van der Waals surface area contributed by atoms with Gasteiger partial charge in [-0.05, 0) is 37.8 Å². The Balaban J connectivity index is 2.10. The van der Waals surface area contributed by atoms with Gasteiger partial charge in [-0.3, -0.25) is 4.98 Å². The number of nitrogens with two attached hydrogens (primary N) is 1. The van der Waals surface area contributed by atoms with Gasteiger partial charge in [0.05, 0.1) is 0 Å². The van der Waals surface area contributed by atoms with E-state index in [0.29, 0.717) is 5.82 Å². The zero-order chi connectivity index (χ0) is 13.1. The lowest BCUT2D eigenvalue weighted by Crippen LogP contribution is -2.14. The van der Waals surface area contributed by atoms with E-state index in [4.69, 9.17) is 10.8 Å². The van der Waals surface area contributed by atoms with Gasteiger partial charge in [0.2, 0.25) is 0 Å². The Kier molecular flexibility index (Phi) is 3.37. The van der Waals surface area contributed by atoms with E-state index in [1.165, 1.54) is 24.8 Å². The molecule has 1 aliphatic rings. The summed E-state index contributed by atoms with van der Waals surface area (Å²) in [5.74, 6) is 7.07. The van der Waals surface area contributed by atoms with Crippen molar-refractivity contribution in [2.45, 2.75) is 32.1 Å². The number of nitrogens with zero attached hydrogens (tertiary/aromatic N) is 3. The highest BCUT2D eigenvalue weighted by Crippen LogP contribution is 2.27. The van der Waals surface area contributed by atoms with Crippen molar-refractivity contribution in [3.8, 4) is 11.4 Å². The van der Waals surface area contributed by atoms with E-state index in [1.54, 1.807) is 12.4 Å². The number of hydrazine groups is 1. The Bertz CT molecular complexity index is 568. The van der Waals surface area contributed by atoms with E-state index in [9.17, 15) is 0 Å². The Morgan fingerprint density at radius 3 is 2.79 bits per heavy atom. The number of rotatable bonds is 2. The first kappa shape index (κ1) is 12.0. The van der Waals surface area contributed by atoms with Gasteiger partial charge < -0.3 is 5.43 Å². The second-order valence-corrected chi connectivity index (χ2v) is 4.77. The fourth-order valence-corrected chi connectivity index (χ4v) is 2.51. The highest BCUT2D eigenvalue weighted by molar-refractivity contribution is 5.58. The molecule has 2 heterocycles. The first-order valence-electron chi connectivity index (χ1n) is 6.65. The van der Waals surface area contributed by atoms with Crippen LogP contribution in [0.4, 0.5) is 5.82 Å². The zero-order valence-corrected chi connectivity index (χ0v) is 10.8. The van der Waals surface area contributed by atoms with Gasteiger partial charge in [0.15, 0.2) is 5.82 Å². The van der Waals surface area contributed by atoms with Crippen LogP contribution in [-0.2, 0) is 12.8 Å². The molecule has 3 rings (SSSR count). The molecule has 2 aromatic heterocycles. The van der Waals surface area contributed by atoms with Crippen LogP contribution >= 0.6 is 0 Å². The average molecular weight is 255 g/mol. The molecular formula is C14H17N5. The summed E-state index contributed by atoms with van der Waals surface area (Å²) < 4.78 is 0. The van der Waals surface area contributed by atoms with Crippen molar-refractivity contribution in [2.75, 3.05) is 5.43 Å². The number of pyridine rings is 1. The third-order valence-electron chi connectivity index (χ3n) is 3.49. The molecule has 0 fully saturated rings. The van der Waals surface area contributed by atoms with Gasteiger partial charge in [-0.2, -0.15) is 0 Å². The maximum Gasteiger partial charge on any atom is 0.163 e. The van der Waals surface area contributed by atoms with E-state index >= 15 is 0 Å². The molecule has 0 amide bonds. The van der Waals surface area contributed by atoms with Crippen molar-refractivity contribution >= 4 is 5.82 Å². The van der Waals surface area contributed by atoms with Crippen LogP contribution < -0.4 is 11.3 Å². The van der Waals surface area contributed by atoms with E-state index in [0.717, 1.165) is 29.9 Å². The van der Waals surface area contributed by atoms with E-state index < -0.39 is 0 Å². The van der Waals surface area contributed by atoms with Gasteiger partial charge >= 0.3 is 0 Å². The van der Waals surface area contributed by atoms with Crippen LogP contribution in [0.15, 0.2) is 24.5 Å². The second kappa shape index (κ2) is 5.32. The minimum absolute atomic E-state index is 0.696. The minimum Gasteiger partial charge on any atom is -0.308 e. The SMILES string of the molecule is NNc1nc(-c2cccnc2)nc2c1CCCCC2. The number of hydrogen-bond donors (Lipinski definition) is 2. The van der Waals surface area contributed by atoms with Crippen molar-refractivity contribution in [1.82, 2.24) is 15.0 Å². The van der Waals surface area contributed by atoms with Crippen molar-refractivity contribution in [2.24, 2.45) is 5.84 Å². The standard InChI is InChI=1S/C14H17N5/c15-19-14-11-6-2-1-3-7-12(11)17-13(18-14)10-5-4-8-16-9-10/h4-5,8-9H,1-3,6-7,15H2,(H,17,18,19). The molecule has 98 valence electrons. The summed E-state index contributed by atoms with van der Waals surface area (Å²) in [6.45, 7) is 0. The smallest absolute Gasteiger partial charge is 0.163 e. The Hall–Kier alpha value is -2.01. The van der Waals surface area contributed by atoms with Gasteiger partial charge in [0.1, 0.15) is 5.82 Å². The van der Waals surface area contributed by atoms with Gasteiger partial charge in [-0.1, -0.05) is 6.42 Å². The van der Waals surface area contributed by atoms with E-state index in [-0.39, 0.29) is 0 Å². The topological polar surface area (TPSA) is 76.7 Å². The minimum atomic E-state index is 0.696. The molecule has 0 spiro atoms. The molecule has 1 aliphatic carbocycles. The quantitative estimate of drug-likeness (QED) is 0.488.